The fourth-order valence-corrected chi connectivity index (χ4v) is 1.92. The van der Waals surface area contributed by atoms with Crippen molar-refractivity contribution in [2.75, 3.05) is 13.6 Å². The summed E-state index contributed by atoms with van der Waals surface area (Å²) in [5.74, 6) is 0. The zero-order valence-corrected chi connectivity index (χ0v) is 11.3. The second kappa shape index (κ2) is 6.87. The second-order valence-corrected chi connectivity index (χ2v) is 5.13. The predicted molar refractivity (Wildman–Crippen MR) is 65.0 cm³/mol. The highest BCUT2D eigenvalue weighted by atomic mass is 19.3. The highest BCUT2D eigenvalue weighted by Gasteiger charge is 2.28. The number of hydrogen-bond donors (Lipinski definition) is 1. The van der Waals surface area contributed by atoms with Crippen molar-refractivity contribution in [1.29, 1.82) is 5.26 Å². The van der Waals surface area contributed by atoms with E-state index in [1.807, 2.05) is 20.8 Å². The summed E-state index contributed by atoms with van der Waals surface area (Å²) in [5, 5.41) is 12.3. The molecule has 3 nitrogen and oxygen atoms in total. The highest BCUT2D eigenvalue weighted by Crippen LogP contribution is 2.16. The van der Waals surface area contributed by atoms with E-state index >= 15 is 0 Å². The van der Waals surface area contributed by atoms with Crippen molar-refractivity contribution in [2.45, 2.75) is 58.2 Å². The van der Waals surface area contributed by atoms with Gasteiger partial charge in [-0.2, -0.15) is 5.26 Å². The molecular formula is C12H23F2N3. The van der Waals surface area contributed by atoms with E-state index in [0.29, 0.717) is 6.42 Å². The molecule has 5 heteroatoms. The first-order valence-corrected chi connectivity index (χ1v) is 5.87. The normalized spacial score (nSPS) is 17.2. The molecular weight excluding hydrogens is 224 g/mol. The SMILES string of the molecule is CC(C)NC(C)(C#N)CC(C)N(C)CC(F)F. The van der Waals surface area contributed by atoms with E-state index in [-0.39, 0.29) is 18.6 Å². The van der Waals surface area contributed by atoms with Crippen LogP contribution in [-0.2, 0) is 0 Å². The first-order valence-electron chi connectivity index (χ1n) is 5.87. The van der Waals surface area contributed by atoms with Crippen LogP contribution in [0.1, 0.15) is 34.1 Å². The third-order valence-corrected chi connectivity index (χ3v) is 2.74. The van der Waals surface area contributed by atoms with Crippen LogP contribution in [0.4, 0.5) is 8.78 Å². The number of hydrogen-bond acceptors (Lipinski definition) is 3. The summed E-state index contributed by atoms with van der Waals surface area (Å²) in [6.45, 7) is 7.33. The van der Waals surface area contributed by atoms with Crippen LogP contribution in [0.5, 0.6) is 0 Å². The maximum atomic E-state index is 12.2. The molecule has 0 aliphatic rings. The van der Waals surface area contributed by atoms with Crippen molar-refractivity contribution in [3.05, 3.63) is 0 Å². The van der Waals surface area contributed by atoms with Crippen LogP contribution in [0.2, 0.25) is 0 Å². The topological polar surface area (TPSA) is 39.1 Å². The molecule has 2 unspecified atom stereocenters. The Morgan fingerprint density at radius 3 is 2.24 bits per heavy atom. The standard InChI is InChI=1S/C12H23F2N3/c1-9(2)16-12(4,8-15)6-10(3)17(5)7-11(13)14/h9-11,16H,6-7H2,1-5H3. The molecule has 0 fully saturated rings. The number of alkyl halides is 2. The zero-order chi connectivity index (χ0) is 13.6. The summed E-state index contributed by atoms with van der Waals surface area (Å²) < 4.78 is 24.5. The molecule has 0 spiro atoms. The van der Waals surface area contributed by atoms with E-state index in [9.17, 15) is 8.78 Å². The van der Waals surface area contributed by atoms with E-state index in [0.717, 1.165) is 0 Å². The molecule has 0 aliphatic carbocycles. The third-order valence-electron chi connectivity index (χ3n) is 2.74. The van der Waals surface area contributed by atoms with Gasteiger partial charge in [-0.3, -0.25) is 10.2 Å². The van der Waals surface area contributed by atoms with Gasteiger partial charge in [-0.05, 0) is 41.2 Å². The Hall–Kier alpha value is -0.730. The lowest BCUT2D eigenvalue weighted by atomic mass is 9.93. The fourth-order valence-electron chi connectivity index (χ4n) is 1.92. The van der Waals surface area contributed by atoms with Crippen molar-refractivity contribution in [3.63, 3.8) is 0 Å². The van der Waals surface area contributed by atoms with Gasteiger partial charge in [0, 0.05) is 12.1 Å². The van der Waals surface area contributed by atoms with Crippen LogP contribution >= 0.6 is 0 Å². The van der Waals surface area contributed by atoms with Gasteiger partial charge in [-0.15, -0.1) is 0 Å². The Labute approximate surface area is 103 Å². The molecule has 0 heterocycles. The van der Waals surface area contributed by atoms with Crippen molar-refractivity contribution in [1.82, 2.24) is 10.2 Å². The largest absolute Gasteiger partial charge is 0.298 e. The summed E-state index contributed by atoms with van der Waals surface area (Å²) >= 11 is 0. The molecule has 100 valence electrons. The third kappa shape index (κ3) is 6.54. The Balaban J connectivity index is 4.42. The summed E-state index contributed by atoms with van der Waals surface area (Å²) in [5.41, 5.74) is -0.677. The predicted octanol–water partition coefficient (Wildman–Crippen LogP) is 2.24. The molecule has 0 aromatic heterocycles. The van der Waals surface area contributed by atoms with Crippen LogP contribution in [-0.4, -0.2) is 42.5 Å². The number of nitrogens with zero attached hydrogens (tertiary/aromatic N) is 2. The molecule has 0 aliphatic heterocycles. The smallest absolute Gasteiger partial charge is 0.251 e. The lowest BCUT2D eigenvalue weighted by Crippen LogP contribution is -2.49. The van der Waals surface area contributed by atoms with Crippen molar-refractivity contribution in [2.24, 2.45) is 0 Å². The molecule has 0 rings (SSSR count). The van der Waals surface area contributed by atoms with Crippen LogP contribution in [0.25, 0.3) is 0 Å². The van der Waals surface area contributed by atoms with E-state index in [4.69, 9.17) is 5.26 Å². The number of nitrogens with one attached hydrogen (secondary N) is 1. The molecule has 0 saturated heterocycles. The lowest BCUT2D eigenvalue weighted by Gasteiger charge is -2.32. The second-order valence-electron chi connectivity index (χ2n) is 5.13. The first kappa shape index (κ1) is 16.3. The quantitative estimate of drug-likeness (QED) is 0.750. The van der Waals surface area contributed by atoms with Crippen LogP contribution in [0.3, 0.4) is 0 Å². The molecule has 0 saturated carbocycles. The van der Waals surface area contributed by atoms with Gasteiger partial charge in [0.05, 0.1) is 12.6 Å². The summed E-state index contributed by atoms with van der Waals surface area (Å²) in [6, 6.07) is 2.34. The van der Waals surface area contributed by atoms with Crippen LogP contribution < -0.4 is 5.32 Å². The van der Waals surface area contributed by atoms with E-state index in [2.05, 4.69) is 11.4 Å². The van der Waals surface area contributed by atoms with Gasteiger partial charge in [-0.1, -0.05) is 0 Å². The highest BCUT2D eigenvalue weighted by molar-refractivity contribution is 5.06. The van der Waals surface area contributed by atoms with E-state index in [1.54, 1.807) is 18.9 Å². The average Bonchev–Trinajstić information content (AvgIpc) is 2.15. The Morgan fingerprint density at radius 1 is 1.35 bits per heavy atom. The van der Waals surface area contributed by atoms with Gasteiger partial charge in [0.15, 0.2) is 0 Å². The molecule has 17 heavy (non-hydrogen) atoms. The van der Waals surface area contributed by atoms with Gasteiger partial charge in [-0.25, -0.2) is 8.78 Å². The zero-order valence-electron chi connectivity index (χ0n) is 11.3. The molecule has 0 amide bonds. The minimum atomic E-state index is -2.34. The molecule has 2 atom stereocenters. The molecule has 1 N–H and O–H groups in total. The van der Waals surface area contributed by atoms with Gasteiger partial charge >= 0.3 is 0 Å². The average molecular weight is 247 g/mol. The first-order chi connectivity index (χ1) is 7.70. The van der Waals surface area contributed by atoms with Gasteiger partial charge in [0.2, 0.25) is 0 Å². The van der Waals surface area contributed by atoms with Crippen molar-refractivity contribution < 1.29 is 8.78 Å². The minimum Gasteiger partial charge on any atom is -0.298 e. The molecule has 0 aromatic carbocycles. The number of halogens is 2. The van der Waals surface area contributed by atoms with Crippen molar-refractivity contribution in [3.8, 4) is 6.07 Å². The molecule has 0 aromatic rings. The summed E-state index contributed by atoms with van der Waals surface area (Å²) in [6.07, 6.45) is -1.82. The lowest BCUT2D eigenvalue weighted by molar-refractivity contribution is 0.0773. The summed E-state index contributed by atoms with van der Waals surface area (Å²) in [4.78, 5) is 1.59. The van der Waals surface area contributed by atoms with E-state index in [1.165, 1.54) is 0 Å². The summed E-state index contributed by atoms with van der Waals surface area (Å²) in [7, 11) is 1.66. The fraction of sp³-hybridized carbons (Fsp3) is 0.917. The Kier molecular flexibility index (Phi) is 6.58. The maximum Gasteiger partial charge on any atom is 0.251 e. The Morgan fingerprint density at radius 2 is 1.88 bits per heavy atom. The van der Waals surface area contributed by atoms with Crippen LogP contribution in [0, 0.1) is 11.3 Å². The molecule has 0 bridgehead atoms. The van der Waals surface area contributed by atoms with Gasteiger partial charge in [0.25, 0.3) is 6.43 Å². The molecule has 0 radical (unpaired) electrons. The minimum absolute atomic E-state index is 0.0695. The van der Waals surface area contributed by atoms with Gasteiger partial charge in [0.1, 0.15) is 5.54 Å². The van der Waals surface area contributed by atoms with Crippen LogP contribution in [0.15, 0.2) is 0 Å². The van der Waals surface area contributed by atoms with E-state index < -0.39 is 12.0 Å². The van der Waals surface area contributed by atoms with Gasteiger partial charge < -0.3 is 0 Å². The Bertz CT molecular complexity index is 263. The number of nitriles is 1. The number of rotatable bonds is 7. The maximum absolute atomic E-state index is 12.2. The monoisotopic (exact) mass is 247 g/mol. The van der Waals surface area contributed by atoms with Crippen molar-refractivity contribution >= 4 is 0 Å².